The van der Waals surface area contributed by atoms with Crippen molar-refractivity contribution in [1.29, 1.82) is 0 Å². The first-order valence-corrected chi connectivity index (χ1v) is 9.67. The van der Waals surface area contributed by atoms with Gasteiger partial charge in [-0.25, -0.2) is 0 Å². The highest BCUT2D eigenvalue weighted by Gasteiger charge is 2.26. The van der Waals surface area contributed by atoms with E-state index in [1.807, 2.05) is 0 Å². The number of rotatable bonds is 3. The van der Waals surface area contributed by atoms with Crippen LogP contribution in [0.4, 0.5) is 0 Å². The van der Waals surface area contributed by atoms with Crippen molar-refractivity contribution in [1.82, 2.24) is 4.90 Å². The lowest BCUT2D eigenvalue weighted by Gasteiger charge is -2.34. The summed E-state index contributed by atoms with van der Waals surface area (Å²) < 4.78 is 0. The van der Waals surface area contributed by atoms with Crippen LogP contribution in [0.2, 0.25) is 13.1 Å². The number of piperidine rings is 1. The van der Waals surface area contributed by atoms with Gasteiger partial charge < -0.3 is 4.90 Å². The topological polar surface area (TPSA) is 3.24 Å². The molecule has 1 fully saturated rings. The van der Waals surface area contributed by atoms with Crippen LogP contribution in [0.1, 0.15) is 19.3 Å². The quantitative estimate of drug-likeness (QED) is 0.726. The molecule has 0 radical (unpaired) electrons. The SMILES string of the molecule is C[Si](C)(CN1CCCCC1)c1ccccc1. The molecule has 0 aliphatic carbocycles. The van der Waals surface area contributed by atoms with E-state index in [-0.39, 0.29) is 0 Å². The predicted molar refractivity (Wildman–Crippen MR) is 73.8 cm³/mol. The molecule has 1 saturated heterocycles. The van der Waals surface area contributed by atoms with Crippen LogP contribution in [0.25, 0.3) is 0 Å². The van der Waals surface area contributed by atoms with E-state index in [1.54, 1.807) is 5.19 Å². The standard InChI is InChI=1S/C14H23NSi/c1-16(2,14-9-5-3-6-10-14)13-15-11-7-4-8-12-15/h3,5-6,9-10H,4,7-8,11-13H2,1-2H3. The van der Waals surface area contributed by atoms with E-state index in [4.69, 9.17) is 0 Å². The van der Waals surface area contributed by atoms with Crippen molar-refractivity contribution >= 4 is 13.3 Å². The molecule has 0 aromatic heterocycles. The second kappa shape index (κ2) is 5.15. The van der Waals surface area contributed by atoms with Crippen LogP contribution < -0.4 is 5.19 Å². The Kier molecular flexibility index (Phi) is 3.82. The lowest BCUT2D eigenvalue weighted by Crippen LogP contribution is -2.52. The van der Waals surface area contributed by atoms with E-state index in [1.165, 1.54) is 38.5 Å². The Labute approximate surface area is 100 Å². The van der Waals surface area contributed by atoms with Crippen LogP contribution in [0.3, 0.4) is 0 Å². The zero-order valence-electron chi connectivity index (χ0n) is 10.6. The van der Waals surface area contributed by atoms with Crippen molar-refractivity contribution in [2.75, 3.05) is 19.3 Å². The lowest BCUT2D eigenvalue weighted by atomic mass is 10.1. The molecule has 0 spiro atoms. The van der Waals surface area contributed by atoms with Crippen molar-refractivity contribution in [3.63, 3.8) is 0 Å². The van der Waals surface area contributed by atoms with E-state index in [0.29, 0.717) is 0 Å². The molecule has 1 aromatic rings. The summed E-state index contributed by atoms with van der Waals surface area (Å²) in [5.74, 6) is 0. The zero-order chi connectivity index (χ0) is 11.4. The van der Waals surface area contributed by atoms with Gasteiger partial charge in [0.25, 0.3) is 0 Å². The molecule has 0 amide bonds. The summed E-state index contributed by atoms with van der Waals surface area (Å²) in [4.78, 5) is 2.68. The Morgan fingerprint density at radius 3 is 2.25 bits per heavy atom. The van der Waals surface area contributed by atoms with Crippen molar-refractivity contribution in [2.45, 2.75) is 32.4 Å². The minimum atomic E-state index is -1.24. The third kappa shape index (κ3) is 2.95. The highest BCUT2D eigenvalue weighted by atomic mass is 28.3. The fourth-order valence-electron chi connectivity index (χ4n) is 2.66. The normalized spacial score (nSPS) is 18.6. The van der Waals surface area contributed by atoms with Crippen molar-refractivity contribution in [3.05, 3.63) is 30.3 Å². The summed E-state index contributed by atoms with van der Waals surface area (Å²) in [7, 11) is -1.24. The number of likely N-dealkylation sites (tertiary alicyclic amines) is 1. The maximum Gasteiger partial charge on any atom is 0.0948 e. The molecule has 0 bridgehead atoms. The largest absolute Gasteiger partial charge is 0.306 e. The van der Waals surface area contributed by atoms with Gasteiger partial charge in [-0.15, -0.1) is 0 Å². The van der Waals surface area contributed by atoms with Gasteiger partial charge in [-0.2, -0.15) is 0 Å². The molecule has 1 heterocycles. The molecule has 1 aliphatic heterocycles. The Morgan fingerprint density at radius 1 is 1.00 bits per heavy atom. The minimum Gasteiger partial charge on any atom is -0.306 e. The number of nitrogens with zero attached hydrogens (tertiary/aromatic N) is 1. The van der Waals surface area contributed by atoms with Gasteiger partial charge >= 0.3 is 0 Å². The Balaban J connectivity index is 2.01. The molecule has 0 saturated carbocycles. The van der Waals surface area contributed by atoms with Gasteiger partial charge in [-0.05, 0) is 32.1 Å². The molecular weight excluding hydrogens is 210 g/mol. The van der Waals surface area contributed by atoms with Crippen molar-refractivity contribution < 1.29 is 0 Å². The Hall–Kier alpha value is -0.603. The summed E-state index contributed by atoms with van der Waals surface area (Å²) in [6.07, 6.45) is 5.57. The molecule has 2 heteroatoms. The molecule has 0 atom stereocenters. The van der Waals surface area contributed by atoms with E-state index in [9.17, 15) is 0 Å². The smallest absolute Gasteiger partial charge is 0.0948 e. The van der Waals surface area contributed by atoms with Crippen molar-refractivity contribution in [3.8, 4) is 0 Å². The van der Waals surface area contributed by atoms with E-state index in [0.717, 1.165) is 0 Å². The summed E-state index contributed by atoms with van der Waals surface area (Å²) in [5.41, 5.74) is 0. The molecule has 0 unspecified atom stereocenters. The highest BCUT2D eigenvalue weighted by Crippen LogP contribution is 2.12. The number of hydrogen-bond donors (Lipinski definition) is 0. The molecule has 1 nitrogen and oxygen atoms in total. The molecule has 1 aromatic carbocycles. The number of benzene rings is 1. The summed E-state index contributed by atoms with van der Waals surface area (Å²) >= 11 is 0. The number of hydrogen-bond acceptors (Lipinski definition) is 1. The summed E-state index contributed by atoms with van der Waals surface area (Å²) in [5, 5.41) is 1.60. The fourth-order valence-corrected chi connectivity index (χ4v) is 5.37. The third-order valence-electron chi connectivity index (χ3n) is 3.62. The van der Waals surface area contributed by atoms with Crippen LogP contribution in [-0.2, 0) is 0 Å². The monoisotopic (exact) mass is 233 g/mol. The minimum absolute atomic E-state index is 1.24. The molecule has 0 N–H and O–H groups in total. The summed E-state index contributed by atoms with van der Waals surface area (Å²) in [6, 6.07) is 11.1. The van der Waals surface area contributed by atoms with Gasteiger partial charge in [0.2, 0.25) is 0 Å². The van der Waals surface area contributed by atoms with Crippen LogP contribution in [-0.4, -0.2) is 32.2 Å². The average molecular weight is 233 g/mol. The zero-order valence-corrected chi connectivity index (χ0v) is 11.6. The first-order valence-electron chi connectivity index (χ1n) is 6.46. The van der Waals surface area contributed by atoms with Gasteiger partial charge in [0, 0.05) is 0 Å². The van der Waals surface area contributed by atoms with E-state index in [2.05, 4.69) is 48.3 Å². The van der Waals surface area contributed by atoms with Gasteiger partial charge in [0.05, 0.1) is 8.07 Å². The Morgan fingerprint density at radius 2 is 1.62 bits per heavy atom. The van der Waals surface area contributed by atoms with Crippen LogP contribution >= 0.6 is 0 Å². The van der Waals surface area contributed by atoms with E-state index >= 15 is 0 Å². The van der Waals surface area contributed by atoms with Crippen molar-refractivity contribution in [2.24, 2.45) is 0 Å². The Bertz CT molecular complexity index is 315. The maximum absolute atomic E-state index is 2.68. The van der Waals surface area contributed by atoms with Crippen LogP contribution in [0, 0.1) is 0 Å². The van der Waals surface area contributed by atoms with E-state index < -0.39 is 8.07 Å². The molecule has 88 valence electrons. The molecule has 16 heavy (non-hydrogen) atoms. The summed E-state index contributed by atoms with van der Waals surface area (Å²) in [6.45, 7) is 7.64. The highest BCUT2D eigenvalue weighted by molar-refractivity contribution is 6.89. The van der Waals surface area contributed by atoms with Gasteiger partial charge in [-0.3, -0.25) is 0 Å². The maximum atomic E-state index is 2.68. The van der Waals surface area contributed by atoms with Crippen LogP contribution in [0.5, 0.6) is 0 Å². The first-order chi connectivity index (χ1) is 7.68. The molecule has 1 aliphatic rings. The fraction of sp³-hybridized carbons (Fsp3) is 0.571. The third-order valence-corrected chi connectivity index (χ3v) is 6.76. The van der Waals surface area contributed by atoms with Gasteiger partial charge in [0.15, 0.2) is 0 Å². The van der Waals surface area contributed by atoms with Crippen LogP contribution in [0.15, 0.2) is 30.3 Å². The molecule has 2 rings (SSSR count). The second-order valence-corrected chi connectivity index (χ2v) is 10.2. The second-order valence-electron chi connectivity index (χ2n) is 5.59. The molecular formula is C14H23NSi. The first kappa shape index (κ1) is 11.9. The van der Waals surface area contributed by atoms with Gasteiger partial charge in [-0.1, -0.05) is 55.0 Å². The predicted octanol–water partition coefficient (Wildman–Crippen LogP) is 2.63. The van der Waals surface area contributed by atoms with Gasteiger partial charge in [0.1, 0.15) is 0 Å². The lowest BCUT2D eigenvalue weighted by molar-refractivity contribution is 0.260. The average Bonchev–Trinajstić information content (AvgIpc) is 2.31.